The van der Waals surface area contributed by atoms with E-state index in [0.29, 0.717) is 0 Å². The molecule has 1 atom stereocenters. The molecule has 4 nitrogen and oxygen atoms in total. The Morgan fingerprint density at radius 1 is 1.25 bits per heavy atom. The maximum absolute atomic E-state index is 5.68. The molecule has 1 aliphatic heterocycles. The second-order valence-electron chi connectivity index (χ2n) is 5.01. The molecule has 0 amide bonds. The van der Waals surface area contributed by atoms with Crippen molar-refractivity contribution in [2.75, 3.05) is 19.0 Å². The van der Waals surface area contributed by atoms with E-state index >= 15 is 0 Å². The van der Waals surface area contributed by atoms with Crippen LogP contribution in [0.2, 0.25) is 0 Å². The van der Waals surface area contributed by atoms with Gasteiger partial charge in [-0.2, -0.15) is 0 Å². The highest BCUT2D eigenvalue weighted by Crippen LogP contribution is 2.21. The zero-order valence-corrected chi connectivity index (χ0v) is 11.7. The summed E-state index contributed by atoms with van der Waals surface area (Å²) in [5.74, 6) is 1.70. The number of aromatic nitrogens is 2. The zero-order valence-electron chi connectivity index (χ0n) is 11.7. The molecule has 0 radical (unpaired) electrons. The molecule has 0 bridgehead atoms. The van der Waals surface area contributed by atoms with Crippen LogP contribution in [0.4, 0.5) is 5.82 Å². The Bertz CT molecular complexity index is 565. The fraction of sp³-hybridized carbons (Fsp3) is 0.375. The highest BCUT2D eigenvalue weighted by atomic mass is 16.5. The number of hydrogen-bond donors (Lipinski definition) is 1. The minimum atomic E-state index is 0.269. The molecule has 0 spiro atoms. The second-order valence-corrected chi connectivity index (χ2v) is 5.01. The fourth-order valence-corrected chi connectivity index (χ4v) is 2.48. The highest BCUT2D eigenvalue weighted by Gasteiger charge is 2.18. The summed E-state index contributed by atoms with van der Waals surface area (Å²) in [5.41, 5.74) is 2.07. The lowest BCUT2D eigenvalue weighted by atomic mass is 10.1. The van der Waals surface area contributed by atoms with Gasteiger partial charge in [0, 0.05) is 31.7 Å². The van der Waals surface area contributed by atoms with Gasteiger partial charge in [0.05, 0.1) is 11.8 Å². The molecule has 1 aliphatic rings. The average molecular weight is 269 g/mol. The van der Waals surface area contributed by atoms with E-state index in [1.165, 1.54) is 0 Å². The lowest BCUT2D eigenvalue weighted by Gasteiger charge is -2.11. The van der Waals surface area contributed by atoms with Crippen LogP contribution in [-0.2, 0) is 11.2 Å². The van der Waals surface area contributed by atoms with E-state index in [1.807, 2.05) is 31.3 Å². The van der Waals surface area contributed by atoms with E-state index in [-0.39, 0.29) is 6.10 Å². The summed E-state index contributed by atoms with van der Waals surface area (Å²) in [6.45, 7) is 0.863. The van der Waals surface area contributed by atoms with Gasteiger partial charge in [-0.05, 0) is 12.8 Å². The minimum absolute atomic E-state index is 0.269. The van der Waals surface area contributed by atoms with E-state index in [4.69, 9.17) is 4.74 Å². The number of ether oxygens (including phenoxy) is 1. The molecule has 1 aromatic heterocycles. The van der Waals surface area contributed by atoms with Crippen LogP contribution in [0, 0.1) is 0 Å². The molecule has 0 aliphatic carbocycles. The van der Waals surface area contributed by atoms with E-state index < -0.39 is 0 Å². The maximum Gasteiger partial charge on any atom is 0.134 e. The number of benzene rings is 1. The van der Waals surface area contributed by atoms with Gasteiger partial charge in [0.2, 0.25) is 0 Å². The molecule has 3 rings (SSSR count). The molecule has 0 saturated carbocycles. The molecule has 4 heteroatoms. The summed E-state index contributed by atoms with van der Waals surface area (Å²) >= 11 is 0. The molecule has 1 saturated heterocycles. The van der Waals surface area contributed by atoms with E-state index in [0.717, 1.165) is 48.8 Å². The number of nitrogens with zero attached hydrogens (tertiary/aromatic N) is 2. The van der Waals surface area contributed by atoms with E-state index in [2.05, 4.69) is 27.4 Å². The van der Waals surface area contributed by atoms with Crippen LogP contribution in [0.25, 0.3) is 11.3 Å². The summed E-state index contributed by atoms with van der Waals surface area (Å²) < 4.78 is 5.68. The number of rotatable bonds is 4. The van der Waals surface area contributed by atoms with Gasteiger partial charge in [0.15, 0.2) is 0 Å². The van der Waals surface area contributed by atoms with Crippen molar-refractivity contribution in [1.82, 2.24) is 9.97 Å². The molecule has 20 heavy (non-hydrogen) atoms. The van der Waals surface area contributed by atoms with Crippen LogP contribution in [0.15, 0.2) is 36.4 Å². The van der Waals surface area contributed by atoms with Crippen LogP contribution >= 0.6 is 0 Å². The summed E-state index contributed by atoms with van der Waals surface area (Å²) in [6, 6.07) is 12.2. The van der Waals surface area contributed by atoms with Crippen molar-refractivity contribution in [3.8, 4) is 11.3 Å². The lowest BCUT2D eigenvalue weighted by Crippen LogP contribution is -2.12. The minimum Gasteiger partial charge on any atom is -0.378 e. The van der Waals surface area contributed by atoms with Crippen LogP contribution in [-0.4, -0.2) is 29.7 Å². The summed E-state index contributed by atoms with van der Waals surface area (Å²) in [6.07, 6.45) is 3.30. The van der Waals surface area contributed by atoms with Gasteiger partial charge in [0.1, 0.15) is 11.6 Å². The van der Waals surface area contributed by atoms with Crippen molar-refractivity contribution in [1.29, 1.82) is 0 Å². The molecule has 1 unspecified atom stereocenters. The van der Waals surface area contributed by atoms with Crippen molar-refractivity contribution in [3.05, 3.63) is 42.2 Å². The first kappa shape index (κ1) is 13.1. The maximum atomic E-state index is 5.68. The Morgan fingerprint density at radius 3 is 2.80 bits per heavy atom. The molecular weight excluding hydrogens is 250 g/mol. The second kappa shape index (κ2) is 6.01. The van der Waals surface area contributed by atoms with Crippen molar-refractivity contribution in [2.45, 2.75) is 25.4 Å². The summed E-state index contributed by atoms with van der Waals surface area (Å²) in [5, 5.41) is 3.11. The molecule has 2 aromatic rings. The number of hydrogen-bond acceptors (Lipinski definition) is 4. The molecule has 1 aromatic carbocycles. The van der Waals surface area contributed by atoms with E-state index in [9.17, 15) is 0 Å². The Balaban J connectivity index is 1.90. The Hall–Kier alpha value is -1.94. The Kier molecular flexibility index (Phi) is 3.92. The standard InChI is InChI=1S/C16H19N3O/c1-17-15-11-14(12-6-3-2-4-7-12)18-16(19-15)10-13-8-5-9-20-13/h2-4,6-7,11,13H,5,8-10H2,1H3,(H,17,18,19). The van der Waals surface area contributed by atoms with Crippen LogP contribution in [0.1, 0.15) is 18.7 Å². The SMILES string of the molecule is CNc1cc(-c2ccccc2)nc(CC2CCCO2)n1. The van der Waals surface area contributed by atoms with Crippen molar-refractivity contribution in [2.24, 2.45) is 0 Å². The molecule has 1 fully saturated rings. The van der Waals surface area contributed by atoms with Crippen molar-refractivity contribution in [3.63, 3.8) is 0 Å². The first-order valence-corrected chi connectivity index (χ1v) is 7.08. The first-order chi connectivity index (χ1) is 9.85. The van der Waals surface area contributed by atoms with Gasteiger partial charge in [-0.3, -0.25) is 0 Å². The average Bonchev–Trinajstić information content (AvgIpc) is 3.00. The highest BCUT2D eigenvalue weighted by molar-refractivity contribution is 5.62. The largest absolute Gasteiger partial charge is 0.378 e. The van der Waals surface area contributed by atoms with Gasteiger partial charge in [-0.1, -0.05) is 30.3 Å². The van der Waals surface area contributed by atoms with E-state index in [1.54, 1.807) is 0 Å². The summed E-state index contributed by atoms with van der Waals surface area (Å²) in [7, 11) is 1.88. The quantitative estimate of drug-likeness (QED) is 0.927. The Labute approximate surface area is 119 Å². The molecule has 104 valence electrons. The molecular formula is C16H19N3O. The normalized spacial score (nSPS) is 18.1. The van der Waals surface area contributed by atoms with Crippen LogP contribution in [0.5, 0.6) is 0 Å². The monoisotopic (exact) mass is 269 g/mol. The third-order valence-electron chi connectivity index (χ3n) is 3.53. The predicted octanol–water partition coefficient (Wildman–Crippen LogP) is 2.91. The predicted molar refractivity (Wildman–Crippen MR) is 79.7 cm³/mol. The lowest BCUT2D eigenvalue weighted by molar-refractivity contribution is 0.110. The third-order valence-corrected chi connectivity index (χ3v) is 3.53. The topological polar surface area (TPSA) is 47.0 Å². The van der Waals surface area contributed by atoms with Gasteiger partial charge < -0.3 is 10.1 Å². The van der Waals surface area contributed by atoms with Gasteiger partial charge in [-0.15, -0.1) is 0 Å². The first-order valence-electron chi connectivity index (χ1n) is 7.08. The Morgan fingerprint density at radius 2 is 2.10 bits per heavy atom. The number of anilines is 1. The summed E-state index contributed by atoms with van der Waals surface area (Å²) in [4.78, 5) is 9.22. The van der Waals surface area contributed by atoms with Crippen LogP contribution in [0.3, 0.4) is 0 Å². The third kappa shape index (κ3) is 2.96. The van der Waals surface area contributed by atoms with Gasteiger partial charge >= 0.3 is 0 Å². The smallest absolute Gasteiger partial charge is 0.134 e. The van der Waals surface area contributed by atoms with Gasteiger partial charge in [-0.25, -0.2) is 9.97 Å². The molecule has 1 N–H and O–H groups in total. The van der Waals surface area contributed by atoms with Crippen molar-refractivity contribution < 1.29 is 4.74 Å². The van der Waals surface area contributed by atoms with Gasteiger partial charge in [0.25, 0.3) is 0 Å². The zero-order chi connectivity index (χ0) is 13.8. The van der Waals surface area contributed by atoms with Crippen LogP contribution < -0.4 is 5.32 Å². The van der Waals surface area contributed by atoms with Crippen molar-refractivity contribution >= 4 is 5.82 Å². The molecule has 2 heterocycles. The number of nitrogens with one attached hydrogen (secondary N) is 1. The fourth-order valence-electron chi connectivity index (χ4n) is 2.48.